The number of alkyl halides is 4. The summed E-state index contributed by atoms with van der Waals surface area (Å²) in [5.41, 5.74) is 0. The van der Waals surface area contributed by atoms with Gasteiger partial charge in [-0.15, -0.1) is 0 Å². The molecule has 110 valence electrons. The Kier molecular flexibility index (Phi) is 5.19. The third kappa shape index (κ3) is 5.18. The summed E-state index contributed by atoms with van der Waals surface area (Å²) in [6, 6.07) is 0. The first kappa shape index (κ1) is 15.3. The molecule has 0 bridgehead atoms. The Labute approximate surface area is 104 Å². The van der Waals surface area contributed by atoms with Crippen molar-refractivity contribution in [2.24, 2.45) is 0 Å². The molecule has 0 N–H and O–H groups in total. The van der Waals surface area contributed by atoms with Crippen molar-refractivity contribution in [1.29, 1.82) is 0 Å². The van der Waals surface area contributed by atoms with Crippen LogP contribution >= 0.6 is 0 Å². The van der Waals surface area contributed by atoms with Crippen molar-refractivity contribution in [3.63, 3.8) is 0 Å². The summed E-state index contributed by atoms with van der Waals surface area (Å²) in [5, 5.41) is 0. The Bertz CT molecular complexity index is 335. The molecule has 10 heteroatoms. The molecular formula is C9H10F4O6. The zero-order valence-electron chi connectivity index (χ0n) is 9.44. The third-order valence-corrected chi connectivity index (χ3v) is 2.01. The van der Waals surface area contributed by atoms with Crippen LogP contribution in [0.3, 0.4) is 0 Å². The third-order valence-electron chi connectivity index (χ3n) is 2.01. The van der Waals surface area contributed by atoms with Gasteiger partial charge in [0.2, 0.25) is 0 Å². The maximum atomic E-state index is 12.4. The van der Waals surface area contributed by atoms with E-state index in [2.05, 4.69) is 18.9 Å². The molecule has 19 heavy (non-hydrogen) atoms. The molecule has 6 nitrogen and oxygen atoms in total. The lowest BCUT2D eigenvalue weighted by atomic mass is 10.3. The van der Waals surface area contributed by atoms with E-state index in [4.69, 9.17) is 0 Å². The summed E-state index contributed by atoms with van der Waals surface area (Å²) < 4.78 is 65.3. The van der Waals surface area contributed by atoms with Gasteiger partial charge >= 0.3 is 24.7 Å². The van der Waals surface area contributed by atoms with Gasteiger partial charge < -0.3 is 18.9 Å². The summed E-state index contributed by atoms with van der Waals surface area (Å²) in [5.74, 6) is -4.42. The minimum absolute atomic E-state index is 0.0132. The van der Waals surface area contributed by atoms with E-state index in [-0.39, 0.29) is 19.6 Å². The molecule has 1 fully saturated rings. The van der Waals surface area contributed by atoms with E-state index in [0.29, 0.717) is 0 Å². The summed E-state index contributed by atoms with van der Waals surface area (Å²) in [6.45, 7) is -2.08. The van der Waals surface area contributed by atoms with Crippen LogP contribution in [0.4, 0.5) is 27.2 Å². The van der Waals surface area contributed by atoms with Crippen LogP contribution in [0.25, 0.3) is 0 Å². The molecule has 0 radical (unpaired) electrons. The van der Waals surface area contributed by atoms with Crippen molar-refractivity contribution in [3.8, 4) is 0 Å². The number of hydrogen-bond acceptors (Lipinski definition) is 6. The first-order chi connectivity index (χ1) is 8.81. The number of cyclic esters (lactones) is 2. The van der Waals surface area contributed by atoms with Crippen molar-refractivity contribution in [3.05, 3.63) is 0 Å². The first-order valence-corrected chi connectivity index (χ1v) is 5.10. The summed E-state index contributed by atoms with van der Waals surface area (Å²) >= 11 is 0. The van der Waals surface area contributed by atoms with Crippen LogP contribution in [0, 0.1) is 0 Å². The molecule has 1 aliphatic heterocycles. The van der Waals surface area contributed by atoms with Crippen LogP contribution in [-0.2, 0) is 18.9 Å². The normalized spacial score (nSPS) is 19.0. The highest BCUT2D eigenvalue weighted by molar-refractivity contribution is 5.62. The smallest absolute Gasteiger partial charge is 0.434 e. The Morgan fingerprint density at radius 1 is 1.42 bits per heavy atom. The number of ether oxygens (including phenoxy) is 4. The van der Waals surface area contributed by atoms with Crippen LogP contribution in [0.1, 0.15) is 6.42 Å². The first-order valence-electron chi connectivity index (χ1n) is 5.10. The average molecular weight is 290 g/mol. The van der Waals surface area contributed by atoms with Crippen LogP contribution in [0.15, 0.2) is 0 Å². The van der Waals surface area contributed by atoms with E-state index in [1.54, 1.807) is 0 Å². The summed E-state index contributed by atoms with van der Waals surface area (Å²) in [4.78, 5) is 21.3. The second-order valence-corrected chi connectivity index (χ2v) is 3.54. The van der Waals surface area contributed by atoms with Crippen molar-refractivity contribution in [2.45, 2.75) is 24.9 Å². The highest BCUT2D eigenvalue weighted by Gasteiger charge is 2.42. The van der Waals surface area contributed by atoms with Crippen molar-refractivity contribution >= 4 is 12.3 Å². The molecule has 0 aliphatic carbocycles. The van der Waals surface area contributed by atoms with Gasteiger partial charge in [-0.05, 0) is 0 Å². The van der Waals surface area contributed by atoms with E-state index in [9.17, 15) is 27.2 Å². The standard InChI is InChI=1S/C9H10F4O6/c10-6(11)9(12,13)4-18-7(14)16-2-1-5-3-17-8(15)19-5/h5-6H,1-4H2. The fourth-order valence-corrected chi connectivity index (χ4v) is 1.04. The van der Waals surface area contributed by atoms with Gasteiger partial charge in [0.25, 0.3) is 0 Å². The van der Waals surface area contributed by atoms with Gasteiger partial charge in [-0.25, -0.2) is 18.4 Å². The van der Waals surface area contributed by atoms with Gasteiger partial charge in [0.1, 0.15) is 12.7 Å². The second kappa shape index (κ2) is 6.43. The number of halogens is 4. The molecule has 0 aromatic heterocycles. The zero-order valence-corrected chi connectivity index (χ0v) is 9.44. The van der Waals surface area contributed by atoms with Crippen molar-refractivity contribution in [1.82, 2.24) is 0 Å². The highest BCUT2D eigenvalue weighted by atomic mass is 19.3. The maximum absolute atomic E-state index is 12.4. The molecule has 0 aromatic rings. The molecule has 1 unspecified atom stereocenters. The summed E-state index contributed by atoms with van der Waals surface area (Å²) in [7, 11) is 0. The Balaban J connectivity index is 2.13. The Morgan fingerprint density at radius 3 is 2.63 bits per heavy atom. The zero-order chi connectivity index (χ0) is 14.5. The van der Waals surface area contributed by atoms with Crippen molar-refractivity contribution in [2.75, 3.05) is 19.8 Å². The molecule has 1 aliphatic rings. The van der Waals surface area contributed by atoms with Gasteiger partial charge in [-0.1, -0.05) is 0 Å². The summed E-state index contributed by atoms with van der Waals surface area (Å²) in [6.07, 6.45) is -6.83. The van der Waals surface area contributed by atoms with Crippen LogP contribution < -0.4 is 0 Å². The maximum Gasteiger partial charge on any atom is 0.508 e. The molecule has 1 saturated heterocycles. The lowest BCUT2D eigenvalue weighted by Gasteiger charge is -2.15. The van der Waals surface area contributed by atoms with Crippen LogP contribution in [0.2, 0.25) is 0 Å². The van der Waals surface area contributed by atoms with Gasteiger partial charge in [0, 0.05) is 6.42 Å². The molecule has 0 amide bonds. The van der Waals surface area contributed by atoms with Gasteiger partial charge in [-0.3, -0.25) is 0 Å². The lowest BCUT2D eigenvalue weighted by Crippen LogP contribution is -2.33. The second-order valence-electron chi connectivity index (χ2n) is 3.54. The number of carbonyl (C=O) groups is 2. The minimum atomic E-state index is -4.42. The SMILES string of the molecule is O=C(OCCC1COC(=O)O1)OCC(F)(F)C(F)F. The Hall–Kier alpha value is -1.74. The van der Waals surface area contributed by atoms with E-state index < -0.39 is 37.4 Å². The van der Waals surface area contributed by atoms with Crippen molar-refractivity contribution < 1.29 is 46.1 Å². The quantitative estimate of drug-likeness (QED) is 0.550. The number of carbonyl (C=O) groups excluding carboxylic acids is 2. The van der Waals surface area contributed by atoms with Gasteiger partial charge in [0.15, 0.2) is 6.61 Å². The molecule has 0 aromatic carbocycles. The topological polar surface area (TPSA) is 71.1 Å². The van der Waals surface area contributed by atoms with Crippen LogP contribution in [0.5, 0.6) is 0 Å². The fourth-order valence-electron chi connectivity index (χ4n) is 1.04. The predicted molar refractivity (Wildman–Crippen MR) is 49.1 cm³/mol. The number of rotatable bonds is 6. The molecule has 1 heterocycles. The average Bonchev–Trinajstić information content (AvgIpc) is 2.72. The monoisotopic (exact) mass is 290 g/mol. The minimum Gasteiger partial charge on any atom is -0.434 e. The Morgan fingerprint density at radius 2 is 2.11 bits per heavy atom. The van der Waals surface area contributed by atoms with Gasteiger partial charge in [-0.2, -0.15) is 8.78 Å². The predicted octanol–water partition coefficient (Wildman–Crippen LogP) is 1.97. The van der Waals surface area contributed by atoms with E-state index in [1.165, 1.54) is 0 Å². The van der Waals surface area contributed by atoms with E-state index in [0.717, 1.165) is 0 Å². The van der Waals surface area contributed by atoms with Gasteiger partial charge in [0.05, 0.1) is 6.61 Å². The molecule has 0 saturated carbocycles. The van der Waals surface area contributed by atoms with Crippen LogP contribution in [-0.4, -0.2) is 50.6 Å². The van der Waals surface area contributed by atoms with E-state index in [1.807, 2.05) is 0 Å². The highest BCUT2D eigenvalue weighted by Crippen LogP contribution is 2.23. The van der Waals surface area contributed by atoms with E-state index >= 15 is 0 Å². The molecule has 1 rings (SSSR count). The molecule has 1 atom stereocenters. The number of hydrogen-bond donors (Lipinski definition) is 0. The fraction of sp³-hybridized carbons (Fsp3) is 0.778. The molecular weight excluding hydrogens is 280 g/mol. The lowest BCUT2D eigenvalue weighted by molar-refractivity contribution is -0.158. The molecule has 0 spiro atoms. The largest absolute Gasteiger partial charge is 0.508 e.